The molecule has 0 bridgehead atoms. The largest absolute Gasteiger partial charge is 0.573 e. The number of ether oxygens (including phenoxy) is 1. The smallest absolute Gasteiger partial charge is 0.406 e. The van der Waals surface area contributed by atoms with E-state index in [0.717, 1.165) is 49.2 Å². The van der Waals surface area contributed by atoms with Crippen molar-refractivity contribution in [3.8, 4) is 5.75 Å². The van der Waals surface area contributed by atoms with Gasteiger partial charge in [0.2, 0.25) is 0 Å². The highest BCUT2D eigenvalue weighted by atomic mass is 32.2. The lowest BCUT2D eigenvalue weighted by molar-refractivity contribution is -0.274. The monoisotopic (exact) mass is 573 g/mol. The molecule has 0 amide bonds. The molecule has 5 rings (SSSR count). The second-order valence-electron chi connectivity index (χ2n) is 10.2. The molecule has 1 unspecified atom stereocenters. The number of hydrogen-bond acceptors (Lipinski definition) is 5. The number of aryl methyl sites for hydroxylation is 2. The Labute approximate surface area is 233 Å². The van der Waals surface area contributed by atoms with Gasteiger partial charge < -0.3 is 14.7 Å². The lowest BCUT2D eigenvalue weighted by Crippen LogP contribution is -2.55. The fraction of sp³-hybridized carbons (Fsp3) is 0.400. The molecule has 1 aliphatic carbocycles. The number of fused-ring (bicyclic) bond motifs is 2. The molecule has 214 valence electrons. The fourth-order valence-corrected chi connectivity index (χ4v) is 7.64. The molecular weight excluding hydrogens is 539 g/mol. The maximum absolute atomic E-state index is 14.2. The van der Waals surface area contributed by atoms with Crippen LogP contribution in [0.1, 0.15) is 43.7 Å². The predicted molar refractivity (Wildman–Crippen MR) is 150 cm³/mol. The molecule has 10 heteroatoms. The number of rotatable bonds is 7. The molecule has 3 aromatic rings. The van der Waals surface area contributed by atoms with Crippen LogP contribution in [0.25, 0.3) is 0 Å². The van der Waals surface area contributed by atoms with Crippen LogP contribution in [-0.2, 0) is 22.8 Å². The summed E-state index contributed by atoms with van der Waals surface area (Å²) in [4.78, 5) is 2.49. The number of alkyl halides is 3. The van der Waals surface area contributed by atoms with E-state index in [9.17, 15) is 22.5 Å². The SMILES string of the molecule is CCCN=S(=O)(N[C@H]1CCC[C@@H](N2c3ccccc3CCc3ccccc32)[C@@H]1O)c1ccc(OC(F)(F)F)cc1. The normalized spacial score (nSPS) is 22.4. The van der Waals surface area contributed by atoms with Gasteiger partial charge in [-0.2, -0.15) is 0 Å². The molecule has 6 nitrogen and oxygen atoms in total. The van der Waals surface area contributed by atoms with Gasteiger partial charge in [0.1, 0.15) is 15.7 Å². The highest BCUT2D eigenvalue weighted by molar-refractivity contribution is 7.91. The molecule has 0 saturated heterocycles. The van der Waals surface area contributed by atoms with Crippen LogP contribution in [0.3, 0.4) is 0 Å². The summed E-state index contributed by atoms with van der Waals surface area (Å²) in [6, 6.07) is 20.6. The van der Waals surface area contributed by atoms with Gasteiger partial charge in [0.15, 0.2) is 0 Å². The third-order valence-electron chi connectivity index (χ3n) is 7.50. The summed E-state index contributed by atoms with van der Waals surface area (Å²) in [6.45, 7) is 2.20. The quantitative estimate of drug-likeness (QED) is 0.336. The molecule has 1 aliphatic heterocycles. The van der Waals surface area contributed by atoms with E-state index in [1.807, 2.05) is 31.2 Å². The average molecular weight is 574 g/mol. The van der Waals surface area contributed by atoms with Crippen molar-refractivity contribution in [1.82, 2.24) is 4.72 Å². The molecule has 4 atom stereocenters. The first-order valence-corrected chi connectivity index (χ1v) is 15.2. The summed E-state index contributed by atoms with van der Waals surface area (Å²) in [7, 11) is -3.25. The zero-order valence-corrected chi connectivity index (χ0v) is 23.1. The number of nitrogens with one attached hydrogen (secondary N) is 1. The van der Waals surface area contributed by atoms with Gasteiger partial charge in [-0.25, -0.2) is 13.3 Å². The Balaban J connectivity index is 1.46. The van der Waals surface area contributed by atoms with Crippen molar-refractivity contribution in [2.45, 2.75) is 74.9 Å². The van der Waals surface area contributed by atoms with Crippen molar-refractivity contribution in [3.63, 3.8) is 0 Å². The van der Waals surface area contributed by atoms with Gasteiger partial charge in [0.05, 0.1) is 17.0 Å². The Hall–Kier alpha value is -3.08. The molecule has 0 radical (unpaired) electrons. The highest BCUT2D eigenvalue weighted by Gasteiger charge is 2.39. The molecule has 3 aromatic carbocycles. The van der Waals surface area contributed by atoms with E-state index in [0.29, 0.717) is 19.4 Å². The summed E-state index contributed by atoms with van der Waals surface area (Å²) < 4.78 is 63.8. The minimum absolute atomic E-state index is 0.246. The first kappa shape index (κ1) is 28.4. The number of para-hydroxylation sites is 2. The first-order valence-electron chi connectivity index (χ1n) is 13.7. The van der Waals surface area contributed by atoms with Gasteiger partial charge in [0, 0.05) is 24.0 Å². The van der Waals surface area contributed by atoms with E-state index in [1.54, 1.807) is 0 Å². The minimum atomic E-state index is -4.82. The zero-order chi connectivity index (χ0) is 28.3. The number of aliphatic hydroxyl groups is 1. The Morgan fingerprint density at radius 3 is 2.15 bits per heavy atom. The second-order valence-corrected chi connectivity index (χ2v) is 12.3. The lowest BCUT2D eigenvalue weighted by atomic mass is 9.86. The van der Waals surface area contributed by atoms with Gasteiger partial charge in [-0.15, -0.1) is 13.2 Å². The van der Waals surface area contributed by atoms with Gasteiger partial charge in [-0.05, 0) is 86.1 Å². The standard InChI is InChI=1S/C30H34F3N3O3S/c1-2-20-34-40(38,24-18-16-23(17-19-24)39-30(31,32)33)35-25-10-7-13-28(29(25)37)36-26-11-5-3-8-21(26)14-15-22-9-4-6-12-27(22)36/h3-6,8-9,11-12,16-19,25,28-29,37H,2,7,10,13-15,20H2,1H3,(H,34,35,38)/t25-,28+,29+,40?/m0/s1. The van der Waals surface area contributed by atoms with Crippen LogP contribution in [0.4, 0.5) is 24.5 Å². The maximum atomic E-state index is 14.2. The third-order valence-corrected chi connectivity index (χ3v) is 9.58. The Morgan fingerprint density at radius 2 is 1.57 bits per heavy atom. The minimum Gasteiger partial charge on any atom is -0.406 e. The number of benzene rings is 3. The van der Waals surface area contributed by atoms with E-state index in [1.165, 1.54) is 23.3 Å². The molecule has 1 fully saturated rings. The molecule has 0 spiro atoms. The lowest BCUT2D eigenvalue weighted by Gasteiger charge is -2.43. The van der Waals surface area contributed by atoms with Crippen molar-refractivity contribution < 1.29 is 27.2 Å². The highest BCUT2D eigenvalue weighted by Crippen LogP contribution is 2.41. The predicted octanol–water partition coefficient (Wildman–Crippen LogP) is 6.55. The molecule has 1 heterocycles. The molecule has 2 aliphatic rings. The van der Waals surface area contributed by atoms with Gasteiger partial charge in [-0.3, -0.25) is 0 Å². The second kappa shape index (κ2) is 11.8. The van der Waals surface area contributed by atoms with Crippen molar-refractivity contribution in [2.75, 3.05) is 11.4 Å². The van der Waals surface area contributed by atoms with Crippen LogP contribution in [0.2, 0.25) is 0 Å². The van der Waals surface area contributed by atoms with Crippen LogP contribution in [0.5, 0.6) is 5.75 Å². The molecule has 0 aromatic heterocycles. The van der Waals surface area contributed by atoms with Crippen molar-refractivity contribution in [3.05, 3.63) is 83.9 Å². The van der Waals surface area contributed by atoms with Crippen LogP contribution in [0, 0.1) is 0 Å². The molecule has 1 saturated carbocycles. The Morgan fingerprint density at radius 1 is 0.975 bits per heavy atom. The van der Waals surface area contributed by atoms with Crippen molar-refractivity contribution >= 4 is 21.3 Å². The summed E-state index contributed by atoms with van der Waals surface area (Å²) in [5.74, 6) is -0.398. The number of anilines is 2. The Bertz CT molecular complexity index is 1390. The first-order chi connectivity index (χ1) is 19.2. The van der Waals surface area contributed by atoms with Gasteiger partial charge in [0.25, 0.3) is 0 Å². The van der Waals surface area contributed by atoms with E-state index in [2.05, 4.69) is 43.0 Å². The van der Waals surface area contributed by atoms with Crippen LogP contribution in [-0.4, -0.2) is 40.4 Å². The van der Waals surface area contributed by atoms with Crippen molar-refractivity contribution in [1.29, 1.82) is 0 Å². The number of hydrogen-bond donors (Lipinski definition) is 2. The van der Waals surface area contributed by atoms with E-state index in [4.69, 9.17) is 0 Å². The van der Waals surface area contributed by atoms with E-state index < -0.39 is 34.2 Å². The summed E-state index contributed by atoms with van der Waals surface area (Å²) in [5.41, 5.74) is 4.55. The number of halogens is 3. The summed E-state index contributed by atoms with van der Waals surface area (Å²) in [6.07, 6.45) is -1.13. The van der Waals surface area contributed by atoms with E-state index >= 15 is 0 Å². The summed E-state index contributed by atoms with van der Waals surface area (Å²) >= 11 is 0. The molecule has 2 N–H and O–H groups in total. The molecule has 40 heavy (non-hydrogen) atoms. The van der Waals surface area contributed by atoms with Crippen LogP contribution >= 0.6 is 0 Å². The molecular formula is C30H34F3N3O3S. The maximum Gasteiger partial charge on any atom is 0.573 e. The van der Waals surface area contributed by atoms with Crippen LogP contribution in [0.15, 0.2) is 82.1 Å². The Kier molecular flexibility index (Phi) is 8.39. The average Bonchev–Trinajstić information content (AvgIpc) is 3.10. The topological polar surface area (TPSA) is 74.2 Å². The third kappa shape index (κ3) is 6.14. The number of aliphatic hydroxyl groups excluding tert-OH is 1. The van der Waals surface area contributed by atoms with Crippen LogP contribution < -0.4 is 14.4 Å². The van der Waals surface area contributed by atoms with Crippen molar-refractivity contribution in [2.24, 2.45) is 4.36 Å². The van der Waals surface area contributed by atoms with Gasteiger partial charge in [-0.1, -0.05) is 43.3 Å². The van der Waals surface area contributed by atoms with E-state index in [-0.39, 0.29) is 10.9 Å². The summed E-state index contributed by atoms with van der Waals surface area (Å²) in [5, 5.41) is 11.8. The van der Waals surface area contributed by atoms with Gasteiger partial charge >= 0.3 is 6.36 Å². The number of nitrogens with zero attached hydrogens (tertiary/aromatic N) is 2. The fourth-order valence-electron chi connectivity index (χ4n) is 5.67. The zero-order valence-electron chi connectivity index (χ0n) is 22.3.